The second-order valence-electron chi connectivity index (χ2n) is 5.20. The molecule has 11 heteroatoms. The fraction of sp³-hybridized carbons (Fsp3) is 0.133. The van der Waals surface area contributed by atoms with Crippen LogP contribution < -0.4 is 10.6 Å². The number of benzene rings is 1. The molecular weight excluding hydrogens is 376 g/mol. The second kappa shape index (κ2) is 7.16. The van der Waals surface area contributed by atoms with Gasteiger partial charge in [-0.05, 0) is 23.8 Å². The van der Waals surface area contributed by atoms with Crippen molar-refractivity contribution >= 4 is 29.1 Å². The summed E-state index contributed by atoms with van der Waals surface area (Å²) < 4.78 is 51.7. The third kappa shape index (κ3) is 4.39. The van der Waals surface area contributed by atoms with Crippen molar-refractivity contribution in [3.63, 3.8) is 0 Å². The van der Waals surface area contributed by atoms with Crippen LogP contribution in [-0.4, -0.2) is 20.2 Å². The van der Waals surface area contributed by atoms with Crippen LogP contribution >= 0.6 is 11.6 Å². The molecule has 0 saturated heterocycles. The highest BCUT2D eigenvalue weighted by Crippen LogP contribution is 2.30. The lowest BCUT2D eigenvalue weighted by atomic mass is 10.1. The van der Waals surface area contributed by atoms with E-state index in [1.807, 2.05) is 0 Å². The van der Waals surface area contributed by atoms with Gasteiger partial charge >= 0.3 is 6.18 Å². The molecule has 0 amide bonds. The van der Waals surface area contributed by atoms with Gasteiger partial charge in [-0.2, -0.15) is 23.3 Å². The van der Waals surface area contributed by atoms with Gasteiger partial charge in [0.15, 0.2) is 5.82 Å². The quantitative estimate of drug-likeness (QED) is 0.568. The minimum absolute atomic E-state index is 0.0938. The Hall–Kier alpha value is -2.88. The van der Waals surface area contributed by atoms with Gasteiger partial charge in [0.1, 0.15) is 10.8 Å². The first kappa shape index (κ1) is 17.9. The lowest BCUT2D eigenvalue weighted by Gasteiger charge is -2.12. The summed E-state index contributed by atoms with van der Waals surface area (Å²) in [5, 5.41) is 12.2. The van der Waals surface area contributed by atoms with Crippen LogP contribution in [0, 0.1) is 5.82 Å². The molecule has 26 heavy (non-hydrogen) atoms. The Labute approximate surface area is 149 Å². The van der Waals surface area contributed by atoms with Crippen LogP contribution in [0.5, 0.6) is 0 Å². The minimum atomic E-state index is -4.63. The maximum absolute atomic E-state index is 13.4. The van der Waals surface area contributed by atoms with E-state index in [-0.39, 0.29) is 28.9 Å². The van der Waals surface area contributed by atoms with Gasteiger partial charge < -0.3 is 10.6 Å². The number of alkyl halides is 3. The second-order valence-corrected chi connectivity index (χ2v) is 5.61. The number of aromatic amines is 1. The molecule has 1 aromatic carbocycles. The summed E-state index contributed by atoms with van der Waals surface area (Å²) in [5.41, 5.74) is -0.361. The van der Waals surface area contributed by atoms with Gasteiger partial charge in [0, 0.05) is 12.7 Å². The van der Waals surface area contributed by atoms with Crippen LogP contribution in [-0.2, 0) is 12.7 Å². The van der Waals surface area contributed by atoms with Crippen molar-refractivity contribution in [2.24, 2.45) is 0 Å². The zero-order chi connectivity index (χ0) is 18.7. The Morgan fingerprint density at radius 2 is 1.96 bits per heavy atom. The number of hydrogen-bond donors (Lipinski definition) is 3. The Morgan fingerprint density at radius 3 is 2.65 bits per heavy atom. The van der Waals surface area contributed by atoms with Gasteiger partial charge in [0.2, 0.25) is 5.95 Å². The zero-order valence-electron chi connectivity index (χ0n) is 12.9. The monoisotopic (exact) mass is 386 g/mol. The topological polar surface area (TPSA) is 78.5 Å². The van der Waals surface area contributed by atoms with Crippen molar-refractivity contribution in [3.8, 4) is 0 Å². The Kier molecular flexibility index (Phi) is 4.94. The molecule has 0 aliphatic rings. The Bertz CT molecular complexity index is 898. The molecule has 0 aliphatic heterocycles. The summed E-state index contributed by atoms with van der Waals surface area (Å²) in [7, 11) is 0. The molecule has 2 heterocycles. The molecule has 3 rings (SSSR count). The average Bonchev–Trinajstić information content (AvgIpc) is 3.07. The molecule has 3 aromatic rings. The summed E-state index contributed by atoms with van der Waals surface area (Å²) in [4.78, 5) is 8.12. The number of nitrogens with zero attached hydrogens (tertiary/aromatic N) is 3. The zero-order valence-corrected chi connectivity index (χ0v) is 13.7. The highest BCUT2D eigenvalue weighted by Gasteiger charge is 2.31. The van der Waals surface area contributed by atoms with Crippen LogP contribution in [0.1, 0.15) is 11.1 Å². The molecule has 0 atom stereocenters. The molecule has 2 aromatic heterocycles. The van der Waals surface area contributed by atoms with E-state index in [1.165, 1.54) is 12.4 Å². The van der Waals surface area contributed by atoms with Crippen molar-refractivity contribution in [1.82, 2.24) is 20.2 Å². The highest BCUT2D eigenvalue weighted by molar-refractivity contribution is 6.32. The molecular formula is C15H11ClF4N6. The average molecular weight is 387 g/mol. The molecule has 6 nitrogen and oxygen atoms in total. The first-order valence-corrected chi connectivity index (χ1v) is 7.58. The third-order valence-electron chi connectivity index (χ3n) is 3.24. The molecule has 0 unspecified atom stereocenters. The molecule has 0 bridgehead atoms. The van der Waals surface area contributed by atoms with Crippen LogP contribution in [0.4, 0.5) is 35.0 Å². The van der Waals surface area contributed by atoms with Crippen molar-refractivity contribution < 1.29 is 17.6 Å². The highest BCUT2D eigenvalue weighted by atomic mass is 35.5. The van der Waals surface area contributed by atoms with E-state index >= 15 is 0 Å². The van der Waals surface area contributed by atoms with Crippen molar-refractivity contribution in [1.29, 1.82) is 0 Å². The number of hydrogen-bond acceptors (Lipinski definition) is 5. The third-order valence-corrected chi connectivity index (χ3v) is 3.52. The lowest BCUT2D eigenvalue weighted by Crippen LogP contribution is -2.09. The van der Waals surface area contributed by atoms with Crippen LogP contribution in [0.3, 0.4) is 0 Å². The maximum atomic E-state index is 13.4. The fourth-order valence-electron chi connectivity index (χ4n) is 2.10. The number of halogens is 5. The summed E-state index contributed by atoms with van der Waals surface area (Å²) in [5.74, 6) is -0.591. The van der Waals surface area contributed by atoms with Crippen molar-refractivity contribution in [2.45, 2.75) is 12.7 Å². The van der Waals surface area contributed by atoms with Gasteiger partial charge in [-0.1, -0.05) is 11.6 Å². The normalized spacial score (nSPS) is 11.4. The molecule has 3 N–H and O–H groups in total. The van der Waals surface area contributed by atoms with E-state index in [0.29, 0.717) is 11.8 Å². The number of nitrogens with one attached hydrogen (secondary N) is 3. The summed E-state index contributed by atoms with van der Waals surface area (Å²) >= 11 is 5.99. The fourth-order valence-corrected chi connectivity index (χ4v) is 2.26. The van der Waals surface area contributed by atoms with Crippen LogP contribution in [0.25, 0.3) is 0 Å². The number of anilines is 3. The van der Waals surface area contributed by atoms with E-state index in [2.05, 4.69) is 30.8 Å². The van der Waals surface area contributed by atoms with Gasteiger partial charge in [-0.15, -0.1) is 0 Å². The van der Waals surface area contributed by atoms with E-state index < -0.39 is 17.6 Å². The molecule has 0 fully saturated rings. The predicted molar refractivity (Wildman–Crippen MR) is 87.6 cm³/mol. The SMILES string of the molecule is Fc1cc(CNc2nc(Nc3cn[nH]c3)ncc2Cl)cc(C(F)(F)F)c1. The number of H-pyrrole nitrogens is 1. The minimum Gasteiger partial charge on any atom is -0.365 e. The predicted octanol–water partition coefficient (Wildman–Crippen LogP) is 4.37. The van der Waals surface area contributed by atoms with Crippen LogP contribution in [0.2, 0.25) is 5.02 Å². The van der Waals surface area contributed by atoms with E-state index in [1.54, 1.807) is 6.20 Å². The summed E-state index contributed by atoms with van der Waals surface area (Å²) in [6, 6.07) is 2.30. The van der Waals surface area contributed by atoms with Gasteiger partial charge in [0.25, 0.3) is 0 Å². The first-order chi connectivity index (χ1) is 12.3. The largest absolute Gasteiger partial charge is 0.416 e. The summed E-state index contributed by atoms with van der Waals surface area (Å²) in [6.45, 7) is -0.108. The molecule has 0 saturated carbocycles. The lowest BCUT2D eigenvalue weighted by molar-refractivity contribution is -0.137. The van der Waals surface area contributed by atoms with Crippen molar-refractivity contribution in [3.05, 3.63) is 58.8 Å². The smallest absolute Gasteiger partial charge is 0.365 e. The molecule has 136 valence electrons. The van der Waals surface area contributed by atoms with Gasteiger partial charge in [0.05, 0.1) is 23.6 Å². The van der Waals surface area contributed by atoms with Gasteiger partial charge in [-0.3, -0.25) is 5.10 Å². The van der Waals surface area contributed by atoms with Crippen molar-refractivity contribution in [2.75, 3.05) is 10.6 Å². The molecule has 0 spiro atoms. The maximum Gasteiger partial charge on any atom is 0.416 e. The number of aromatic nitrogens is 4. The van der Waals surface area contributed by atoms with Gasteiger partial charge in [-0.25, -0.2) is 9.37 Å². The molecule has 0 aliphatic carbocycles. The standard InChI is InChI=1S/C15H11ClF4N6/c16-12-7-22-14(25-11-5-23-24-6-11)26-13(12)21-4-8-1-9(15(18,19)20)3-10(17)2-8/h1-3,5-7H,4H2,(H,23,24)(H2,21,22,25,26). The Balaban J connectivity index is 1.76. The van der Waals surface area contributed by atoms with E-state index in [0.717, 1.165) is 12.1 Å². The van der Waals surface area contributed by atoms with E-state index in [4.69, 9.17) is 11.6 Å². The Morgan fingerprint density at radius 1 is 1.15 bits per heavy atom. The summed E-state index contributed by atoms with van der Waals surface area (Å²) in [6.07, 6.45) is -0.218. The number of rotatable bonds is 5. The van der Waals surface area contributed by atoms with E-state index in [9.17, 15) is 17.6 Å². The first-order valence-electron chi connectivity index (χ1n) is 7.20. The van der Waals surface area contributed by atoms with Crippen LogP contribution in [0.15, 0.2) is 36.8 Å². The molecule has 0 radical (unpaired) electrons.